The van der Waals surface area contributed by atoms with Gasteiger partial charge in [0.05, 0.1) is 5.60 Å². The molecule has 180 valence electrons. The van der Waals surface area contributed by atoms with E-state index in [2.05, 4.69) is 57.5 Å². The van der Waals surface area contributed by atoms with Crippen molar-refractivity contribution in [3.05, 3.63) is 58.9 Å². The van der Waals surface area contributed by atoms with Gasteiger partial charge in [-0.3, -0.25) is 4.79 Å². The van der Waals surface area contributed by atoms with Crippen LogP contribution in [0, 0.1) is 5.92 Å². The minimum atomic E-state index is -0.785. The second kappa shape index (κ2) is 8.86. The molecule has 4 aliphatic rings. The second-order valence-electron chi connectivity index (χ2n) is 10.6. The number of benzene rings is 1. The lowest BCUT2D eigenvalue weighted by atomic mass is 9.80. The number of hydrogen-bond donors (Lipinski definition) is 2. The maximum Gasteiger partial charge on any atom is 0.226 e. The highest BCUT2D eigenvalue weighted by molar-refractivity contribution is 5.80. The third-order valence-electron chi connectivity index (χ3n) is 8.11. The minimum absolute atomic E-state index is 0.0120. The van der Waals surface area contributed by atoms with E-state index in [0.717, 1.165) is 30.2 Å². The number of hydrogen-bond acceptors (Lipinski definition) is 5. The lowest BCUT2D eigenvalue weighted by molar-refractivity contribution is -0.141. The summed E-state index contributed by atoms with van der Waals surface area (Å²) in [6.07, 6.45) is 8.88. The van der Waals surface area contributed by atoms with Crippen LogP contribution in [-0.4, -0.2) is 70.4 Å². The third kappa shape index (κ3) is 4.27. The highest BCUT2D eigenvalue weighted by atomic mass is 16.3. The summed E-state index contributed by atoms with van der Waals surface area (Å²) in [7, 11) is 0. The Hall–Kier alpha value is -2.64. The third-order valence-corrected chi connectivity index (χ3v) is 8.11. The van der Waals surface area contributed by atoms with Crippen LogP contribution in [0.3, 0.4) is 0 Å². The number of amides is 1. The molecular weight excluding hydrogens is 426 g/mol. The molecule has 0 radical (unpaired) electrons. The van der Waals surface area contributed by atoms with E-state index < -0.39 is 5.60 Å². The predicted molar refractivity (Wildman–Crippen MR) is 130 cm³/mol. The number of carbonyl (C=O) groups excluding carboxylic acids is 1. The number of β-amino-alcohol motifs (C(OH)–C–C–N with tert-alkyl or cyclic N) is 1. The summed E-state index contributed by atoms with van der Waals surface area (Å²) >= 11 is 0. The molecule has 1 aromatic heterocycles. The van der Waals surface area contributed by atoms with Gasteiger partial charge in [-0.05, 0) is 50.3 Å². The van der Waals surface area contributed by atoms with E-state index in [-0.39, 0.29) is 17.7 Å². The van der Waals surface area contributed by atoms with Gasteiger partial charge in [0.25, 0.3) is 0 Å². The molecule has 3 fully saturated rings. The number of piperidine rings is 2. The number of nitrogens with one attached hydrogen (secondary N) is 1. The van der Waals surface area contributed by atoms with Crippen molar-refractivity contribution in [3.63, 3.8) is 0 Å². The predicted octanol–water partition coefficient (Wildman–Crippen LogP) is 1.20. The van der Waals surface area contributed by atoms with Crippen LogP contribution < -0.4 is 16.0 Å². The van der Waals surface area contributed by atoms with E-state index >= 15 is 0 Å². The number of likely N-dealkylation sites (tertiary alicyclic amines) is 1. The van der Waals surface area contributed by atoms with E-state index in [1.807, 2.05) is 11.0 Å². The molecule has 7 nitrogen and oxygen atoms in total. The van der Waals surface area contributed by atoms with Gasteiger partial charge in [-0.1, -0.05) is 30.3 Å². The van der Waals surface area contributed by atoms with Crippen molar-refractivity contribution in [2.24, 2.45) is 10.9 Å². The van der Waals surface area contributed by atoms with Crippen molar-refractivity contribution in [1.82, 2.24) is 19.7 Å². The first kappa shape index (κ1) is 21.9. The molecule has 3 aliphatic heterocycles. The molecule has 34 heavy (non-hydrogen) atoms. The molecule has 2 N–H and O–H groups in total. The standard InChI is InChI=1S/C27H35N5O2/c33-26(23-8-12-28-16-24(23)20-4-2-1-3-5-20)31-14-10-27(34,11-15-31)18-30-17-21-9-13-32(22-6-7-22)25(21)29-19-30/h1-5,9,13,17,22-24,28,34H,6-8,10-12,14-16,18-19H2/t23-,24+/m1/s1. The van der Waals surface area contributed by atoms with Gasteiger partial charge < -0.3 is 24.8 Å². The van der Waals surface area contributed by atoms with E-state index in [1.165, 1.54) is 18.4 Å². The summed E-state index contributed by atoms with van der Waals surface area (Å²) in [5.41, 5.74) is 1.54. The maximum atomic E-state index is 13.5. The molecule has 6 rings (SSSR count). The van der Waals surface area contributed by atoms with Gasteiger partial charge in [0, 0.05) is 61.7 Å². The molecule has 4 heterocycles. The van der Waals surface area contributed by atoms with E-state index in [0.29, 0.717) is 45.2 Å². The van der Waals surface area contributed by atoms with Gasteiger partial charge in [-0.15, -0.1) is 0 Å². The summed E-state index contributed by atoms with van der Waals surface area (Å²) in [6, 6.07) is 13.2. The highest BCUT2D eigenvalue weighted by Crippen LogP contribution is 2.34. The number of nitrogens with zero attached hydrogens (tertiary/aromatic N) is 4. The molecule has 2 saturated heterocycles. The molecule has 0 bridgehead atoms. The molecule has 2 atom stereocenters. The van der Waals surface area contributed by atoms with Crippen molar-refractivity contribution in [1.29, 1.82) is 0 Å². The zero-order chi connectivity index (χ0) is 23.1. The Labute approximate surface area is 200 Å². The van der Waals surface area contributed by atoms with Crippen LogP contribution in [0.2, 0.25) is 0 Å². The maximum absolute atomic E-state index is 13.5. The topological polar surface area (TPSA) is 73.1 Å². The molecule has 0 unspecified atom stereocenters. The van der Waals surface area contributed by atoms with Gasteiger partial charge in [0.15, 0.2) is 0 Å². The fourth-order valence-corrected chi connectivity index (χ4v) is 5.99. The molecule has 0 spiro atoms. The summed E-state index contributed by atoms with van der Waals surface area (Å²) < 4.78 is 2.30. The number of carbonyl (C=O) groups is 1. The summed E-state index contributed by atoms with van der Waals surface area (Å²) in [5, 5.41) is 16.0. The normalized spacial score (nSPS) is 26.4. The quantitative estimate of drug-likeness (QED) is 0.702. The number of aromatic nitrogens is 1. The smallest absolute Gasteiger partial charge is 0.226 e. The highest BCUT2D eigenvalue weighted by Gasteiger charge is 2.39. The summed E-state index contributed by atoms with van der Waals surface area (Å²) in [6.45, 7) is 4.12. The van der Waals surface area contributed by atoms with Crippen LogP contribution in [0.1, 0.15) is 49.6 Å². The van der Waals surface area contributed by atoms with Crippen molar-refractivity contribution in [2.75, 3.05) is 39.4 Å². The minimum Gasteiger partial charge on any atom is -0.388 e. The van der Waals surface area contributed by atoms with Crippen LogP contribution in [0.15, 0.2) is 47.6 Å². The SMILES string of the molecule is O=C([C@@H]1CCNC[C@H]1c1ccccc1)N1CCC(O)(CN2C=c3ccn(C4CC4)c3=NC2)CC1. The Balaban J connectivity index is 1.09. The first-order valence-electron chi connectivity index (χ1n) is 12.8. The van der Waals surface area contributed by atoms with Gasteiger partial charge in [0.2, 0.25) is 5.91 Å². The molecular formula is C27H35N5O2. The molecule has 1 aliphatic carbocycles. The number of rotatable bonds is 5. The Kier molecular flexibility index (Phi) is 5.70. The lowest BCUT2D eigenvalue weighted by Gasteiger charge is -2.43. The van der Waals surface area contributed by atoms with Crippen LogP contribution >= 0.6 is 0 Å². The van der Waals surface area contributed by atoms with Gasteiger partial charge in [0.1, 0.15) is 12.2 Å². The van der Waals surface area contributed by atoms with E-state index in [4.69, 9.17) is 4.99 Å². The Bertz CT molecular complexity index is 1150. The number of aliphatic hydroxyl groups is 1. The zero-order valence-electron chi connectivity index (χ0n) is 19.8. The van der Waals surface area contributed by atoms with Crippen LogP contribution in [-0.2, 0) is 4.79 Å². The van der Waals surface area contributed by atoms with Crippen molar-refractivity contribution >= 4 is 12.1 Å². The zero-order valence-corrected chi connectivity index (χ0v) is 19.8. The van der Waals surface area contributed by atoms with Gasteiger partial charge in [-0.2, -0.15) is 0 Å². The number of fused-ring (bicyclic) bond motifs is 1. The summed E-state index contributed by atoms with van der Waals surface area (Å²) in [5.74, 6) is 0.478. The Morgan fingerprint density at radius 3 is 2.68 bits per heavy atom. The van der Waals surface area contributed by atoms with Gasteiger partial charge in [-0.25, -0.2) is 4.99 Å². The monoisotopic (exact) mass is 461 g/mol. The van der Waals surface area contributed by atoms with E-state index in [9.17, 15) is 9.90 Å². The largest absolute Gasteiger partial charge is 0.388 e. The first-order valence-corrected chi connectivity index (χ1v) is 12.8. The van der Waals surface area contributed by atoms with Crippen LogP contribution in [0.4, 0.5) is 0 Å². The fourth-order valence-electron chi connectivity index (χ4n) is 5.99. The lowest BCUT2D eigenvalue weighted by Crippen LogP contribution is -2.54. The average molecular weight is 462 g/mol. The summed E-state index contributed by atoms with van der Waals surface area (Å²) in [4.78, 5) is 22.5. The Morgan fingerprint density at radius 1 is 1.12 bits per heavy atom. The van der Waals surface area contributed by atoms with Crippen molar-refractivity contribution < 1.29 is 9.90 Å². The molecule has 1 aromatic carbocycles. The molecule has 2 aromatic rings. The van der Waals surface area contributed by atoms with Crippen molar-refractivity contribution in [2.45, 2.75) is 49.7 Å². The molecule has 1 saturated carbocycles. The van der Waals surface area contributed by atoms with Crippen molar-refractivity contribution in [3.8, 4) is 0 Å². The Morgan fingerprint density at radius 2 is 1.91 bits per heavy atom. The van der Waals surface area contributed by atoms with Crippen LogP contribution in [0.25, 0.3) is 6.20 Å². The van der Waals surface area contributed by atoms with E-state index in [1.54, 1.807) is 0 Å². The first-order chi connectivity index (χ1) is 16.6. The van der Waals surface area contributed by atoms with Gasteiger partial charge >= 0.3 is 0 Å². The van der Waals surface area contributed by atoms with Crippen LogP contribution in [0.5, 0.6) is 0 Å². The fraction of sp³-hybridized carbons (Fsp3) is 0.556. The molecule has 7 heteroatoms. The second-order valence-corrected chi connectivity index (χ2v) is 10.6. The molecule has 1 amide bonds. The average Bonchev–Trinajstić information content (AvgIpc) is 3.63.